The fourth-order valence-electron chi connectivity index (χ4n) is 2.16. The molecule has 1 N–H and O–H groups in total. The average molecular weight is 366 g/mol. The van der Waals surface area contributed by atoms with Gasteiger partial charge in [0.15, 0.2) is 9.84 Å². The van der Waals surface area contributed by atoms with Gasteiger partial charge < -0.3 is 5.11 Å². The van der Waals surface area contributed by atoms with Gasteiger partial charge in [0.1, 0.15) is 0 Å². The van der Waals surface area contributed by atoms with Crippen LogP contribution in [0, 0.1) is 9.49 Å². The van der Waals surface area contributed by atoms with Gasteiger partial charge >= 0.3 is 0 Å². The molecule has 0 aromatic heterocycles. The van der Waals surface area contributed by atoms with Gasteiger partial charge in [0.25, 0.3) is 0 Å². The van der Waals surface area contributed by atoms with Crippen molar-refractivity contribution < 1.29 is 13.5 Å². The zero-order chi connectivity index (χ0) is 12.5. The molecule has 1 aliphatic heterocycles. The van der Waals surface area contributed by atoms with E-state index in [9.17, 15) is 13.5 Å². The highest BCUT2D eigenvalue weighted by molar-refractivity contribution is 14.1. The summed E-state index contributed by atoms with van der Waals surface area (Å²) in [6.07, 6.45) is 0.581. The van der Waals surface area contributed by atoms with Crippen molar-refractivity contribution in [2.24, 2.45) is 5.92 Å². The molecule has 5 heteroatoms. The van der Waals surface area contributed by atoms with Gasteiger partial charge in [0, 0.05) is 9.49 Å². The number of hydrogen-bond donors (Lipinski definition) is 1. The van der Waals surface area contributed by atoms with Crippen LogP contribution in [0.2, 0.25) is 0 Å². The molecule has 0 amide bonds. The Morgan fingerprint density at radius 2 is 2.00 bits per heavy atom. The van der Waals surface area contributed by atoms with Crippen molar-refractivity contribution in [3.8, 4) is 0 Å². The fraction of sp³-hybridized carbons (Fsp3) is 0.500. The van der Waals surface area contributed by atoms with Crippen molar-refractivity contribution in [3.63, 3.8) is 0 Å². The molecule has 2 atom stereocenters. The summed E-state index contributed by atoms with van der Waals surface area (Å²) in [6, 6.07) is 7.95. The minimum Gasteiger partial charge on any atom is -0.392 e. The minimum atomic E-state index is -2.90. The maximum absolute atomic E-state index is 11.3. The van der Waals surface area contributed by atoms with Crippen molar-refractivity contribution in [2.45, 2.75) is 18.9 Å². The lowest BCUT2D eigenvalue weighted by Gasteiger charge is -2.16. The van der Waals surface area contributed by atoms with Gasteiger partial charge in [-0.15, -0.1) is 0 Å². The lowest BCUT2D eigenvalue weighted by molar-refractivity contribution is 0.120. The highest BCUT2D eigenvalue weighted by Crippen LogP contribution is 2.24. The third kappa shape index (κ3) is 3.66. The number of sulfone groups is 1. The second kappa shape index (κ2) is 5.24. The predicted molar refractivity (Wildman–Crippen MR) is 75.6 cm³/mol. The van der Waals surface area contributed by atoms with E-state index in [1.807, 2.05) is 24.3 Å². The van der Waals surface area contributed by atoms with Crippen LogP contribution in [0.1, 0.15) is 12.0 Å². The summed E-state index contributed by atoms with van der Waals surface area (Å²) in [6.45, 7) is 0. The number of hydrogen-bond acceptors (Lipinski definition) is 3. The van der Waals surface area contributed by atoms with Crippen molar-refractivity contribution in [1.29, 1.82) is 0 Å². The van der Waals surface area contributed by atoms with Gasteiger partial charge in [-0.3, -0.25) is 0 Å². The molecule has 0 spiro atoms. The van der Waals surface area contributed by atoms with E-state index in [-0.39, 0.29) is 17.4 Å². The zero-order valence-electron chi connectivity index (χ0n) is 9.34. The number of benzene rings is 1. The molecular formula is C12H15IO3S. The van der Waals surface area contributed by atoms with E-state index in [2.05, 4.69) is 22.6 Å². The van der Waals surface area contributed by atoms with Crippen LogP contribution in [-0.4, -0.2) is 31.1 Å². The third-order valence-corrected chi connectivity index (χ3v) is 5.68. The van der Waals surface area contributed by atoms with Crippen LogP contribution in [-0.2, 0) is 16.3 Å². The molecule has 0 bridgehead atoms. The van der Waals surface area contributed by atoms with Crippen molar-refractivity contribution >= 4 is 32.4 Å². The van der Waals surface area contributed by atoms with E-state index in [0.717, 1.165) is 9.13 Å². The van der Waals surface area contributed by atoms with Gasteiger partial charge in [-0.1, -0.05) is 12.1 Å². The Bertz CT molecular complexity index is 481. The van der Waals surface area contributed by atoms with E-state index < -0.39 is 15.9 Å². The highest BCUT2D eigenvalue weighted by Gasteiger charge is 2.32. The van der Waals surface area contributed by atoms with Crippen molar-refractivity contribution in [3.05, 3.63) is 33.4 Å². The predicted octanol–water partition coefficient (Wildman–Crippen LogP) is 1.63. The average Bonchev–Trinajstić information content (AvgIpc) is 2.62. The fourth-order valence-corrected chi connectivity index (χ4v) is 4.39. The Hall–Kier alpha value is -0.140. The van der Waals surface area contributed by atoms with Crippen LogP contribution in [0.15, 0.2) is 24.3 Å². The Kier molecular flexibility index (Phi) is 4.10. The highest BCUT2D eigenvalue weighted by atomic mass is 127. The van der Waals surface area contributed by atoms with E-state index in [4.69, 9.17) is 0 Å². The van der Waals surface area contributed by atoms with E-state index in [1.54, 1.807) is 0 Å². The second-order valence-electron chi connectivity index (χ2n) is 4.56. The molecule has 17 heavy (non-hydrogen) atoms. The number of aliphatic hydroxyl groups is 1. The van der Waals surface area contributed by atoms with Crippen LogP contribution in [0.25, 0.3) is 0 Å². The molecule has 1 aliphatic rings. The monoisotopic (exact) mass is 366 g/mol. The molecule has 94 valence electrons. The SMILES string of the molecule is O=S1(=O)CCC(C(O)Cc2ccc(I)cc2)C1. The molecule has 1 aromatic rings. The van der Waals surface area contributed by atoms with Crippen molar-refractivity contribution in [2.75, 3.05) is 11.5 Å². The Balaban J connectivity index is 1.98. The first kappa shape index (κ1) is 13.3. The van der Waals surface area contributed by atoms with Gasteiger partial charge in [0.05, 0.1) is 17.6 Å². The topological polar surface area (TPSA) is 54.4 Å². The van der Waals surface area contributed by atoms with Crippen LogP contribution in [0.3, 0.4) is 0 Å². The molecule has 1 fully saturated rings. The standard InChI is InChI=1S/C12H15IO3S/c13-11-3-1-9(2-4-11)7-12(14)10-5-6-17(15,16)8-10/h1-4,10,12,14H,5-8H2. The van der Waals surface area contributed by atoms with Gasteiger partial charge in [-0.25, -0.2) is 8.42 Å². The first-order valence-electron chi connectivity index (χ1n) is 5.59. The molecule has 0 saturated carbocycles. The molecule has 3 nitrogen and oxygen atoms in total. The molecule has 0 radical (unpaired) electrons. The van der Waals surface area contributed by atoms with Crippen molar-refractivity contribution in [1.82, 2.24) is 0 Å². The normalized spacial score (nSPS) is 24.7. The van der Waals surface area contributed by atoms with Crippen LogP contribution >= 0.6 is 22.6 Å². The number of rotatable bonds is 3. The van der Waals surface area contributed by atoms with Gasteiger partial charge in [-0.05, 0) is 53.1 Å². The van der Waals surface area contributed by atoms with E-state index >= 15 is 0 Å². The third-order valence-electron chi connectivity index (χ3n) is 3.17. The maximum atomic E-state index is 11.3. The number of aliphatic hydroxyl groups excluding tert-OH is 1. The summed E-state index contributed by atoms with van der Waals surface area (Å²) in [5.74, 6) is 0.263. The van der Waals surface area contributed by atoms with Gasteiger partial charge in [-0.2, -0.15) is 0 Å². The van der Waals surface area contributed by atoms with Crippen LogP contribution in [0.4, 0.5) is 0 Å². The molecule has 2 rings (SSSR count). The Morgan fingerprint density at radius 3 is 2.53 bits per heavy atom. The molecule has 2 unspecified atom stereocenters. The van der Waals surface area contributed by atoms with E-state index in [0.29, 0.717) is 12.8 Å². The number of halogens is 1. The maximum Gasteiger partial charge on any atom is 0.150 e. The summed E-state index contributed by atoms with van der Waals surface area (Å²) >= 11 is 2.23. The molecule has 0 aliphatic carbocycles. The molecule has 1 heterocycles. The summed E-state index contributed by atoms with van der Waals surface area (Å²) < 4.78 is 23.8. The van der Waals surface area contributed by atoms with E-state index in [1.165, 1.54) is 0 Å². The second-order valence-corrected chi connectivity index (χ2v) is 8.04. The first-order chi connectivity index (χ1) is 7.96. The summed E-state index contributed by atoms with van der Waals surface area (Å²) in [5.41, 5.74) is 1.06. The van der Waals surface area contributed by atoms with Gasteiger partial charge in [0.2, 0.25) is 0 Å². The van der Waals surface area contributed by atoms with Crippen LogP contribution in [0.5, 0.6) is 0 Å². The lowest BCUT2D eigenvalue weighted by Crippen LogP contribution is -2.23. The minimum absolute atomic E-state index is 0.0979. The molecule has 1 saturated heterocycles. The molecular weight excluding hydrogens is 351 g/mol. The smallest absolute Gasteiger partial charge is 0.150 e. The Morgan fingerprint density at radius 1 is 1.35 bits per heavy atom. The Labute approximate surface area is 115 Å². The lowest BCUT2D eigenvalue weighted by atomic mass is 9.96. The largest absolute Gasteiger partial charge is 0.392 e. The van der Waals surface area contributed by atoms with Crippen LogP contribution < -0.4 is 0 Å². The summed E-state index contributed by atoms with van der Waals surface area (Å²) in [7, 11) is -2.90. The first-order valence-corrected chi connectivity index (χ1v) is 8.49. The quantitative estimate of drug-likeness (QED) is 0.828. The zero-order valence-corrected chi connectivity index (χ0v) is 12.3. The molecule has 1 aromatic carbocycles. The summed E-state index contributed by atoms with van der Waals surface area (Å²) in [4.78, 5) is 0. The summed E-state index contributed by atoms with van der Waals surface area (Å²) in [5, 5.41) is 10.0.